The molecule has 8 heteroatoms. The molecule has 0 bridgehead atoms. The summed E-state index contributed by atoms with van der Waals surface area (Å²) in [6.45, 7) is 0.904. The van der Waals surface area contributed by atoms with Gasteiger partial charge in [-0.15, -0.1) is 23.7 Å². The summed E-state index contributed by atoms with van der Waals surface area (Å²) in [5, 5.41) is 5.51. The van der Waals surface area contributed by atoms with Crippen molar-refractivity contribution in [1.29, 1.82) is 0 Å². The van der Waals surface area contributed by atoms with Crippen LogP contribution in [0.4, 0.5) is 0 Å². The molecule has 0 radical (unpaired) electrons. The number of rotatable bonds is 6. The predicted molar refractivity (Wildman–Crippen MR) is 94.0 cm³/mol. The molecule has 0 aliphatic heterocycles. The van der Waals surface area contributed by atoms with Crippen LogP contribution in [0.25, 0.3) is 0 Å². The lowest BCUT2D eigenvalue weighted by atomic mass is 9.84. The zero-order valence-electron chi connectivity index (χ0n) is 13.6. The lowest BCUT2D eigenvalue weighted by Crippen LogP contribution is -2.46. The van der Waals surface area contributed by atoms with Gasteiger partial charge in [-0.25, -0.2) is 4.98 Å². The number of aromatic nitrogens is 1. The van der Waals surface area contributed by atoms with Crippen molar-refractivity contribution in [2.45, 2.75) is 32.1 Å². The van der Waals surface area contributed by atoms with Crippen LogP contribution in [-0.4, -0.2) is 48.9 Å². The van der Waals surface area contributed by atoms with E-state index in [2.05, 4.69) is 10.3 Å². The molecule has 1 aliphatic carbocycles. The standard InChI is InChI=1S/C15H24N4O2S.ClH/c1-19(2)14(21)15(6-3-4-7-15)10-17-13(20)11-9-22-12(18-11)5-8-16;/h9H,3-8,10,16H2,1-2H3,(H,17,20);1H. The van der Waals surface area contributed by atoms with Crippen LogP contribution < -0.4 is 11.1 Å². The molecule has 0 spiro atoms. The maximum absolute atomic E-state index is 12.5. The van der Waals surface area contributed by atoms with Crippen molar-refractivity contribution in [2.75, 3.05) is 27.2 Å². The third kappa shape index (κ3) is 4.65. The second-order valence-corrected chi connectivity index (χ2v) is 6.98. The van der Waals surface area contributed by atoms with E-state index in [0.29, 0.717) is 25.2 Å². The van der Waals surface area contributed by atoms with Crippen LogP contribution >= 0.6 is 23.7 Å². The third-order valence-corrected chi connectivity index (χ3v) is 5.06. The predicted octanol–water partition coefficient (Wildman–Crippen LogP) is 1.44. The zero-order valence-corrected chi connectivity index (χ0v) is 15.3. The Morgan fingerprint density at radius 3 is 2.61 bits per heavy atom. The van der Waals surface area contributed by atoms with Crippen LogP contribution in [-0.2, 0) is 11.2 Å². The number of hydrogen-bond donors (Lipinski definition) is 2. The fraction of sp³-hybridized carbons (Fsp3) is 0.667. The molecule has 0 unspecified atom stereocenters. The highest BCUT2D eigenvalue weighted by Gasteiger charge is 2.42. The first-order valence-electron chi connectivity index (χ1n) is 7.63. The van der Waals surface area contributed by atoms with Gasteiger partial charge in [0.2, 0.25) is 5.91 Å². The van der Waals surface area contributed by atoms with Gasteiger partial charge >= 0.3 is 0 Å². The number of nitrogens with zero attached hydrogens (tertiary/aromatic N) is 2. The largest absolute Gasteiger partial charge is 0.350 e. The van der Waals surface area contributed by atoms with Gasteiger partial charge in [-0.3, -0.25) is 9.59 Å². The van der Waals surface area contributed by atoms with Crippen LogP contribution in [0.15, 0.2) is 5.38 Å². The van der Waals surface area contributed by atoms with Gasteiger partial charge in [0.25, 0.3) is 5.91 Å². The Morgan fingerprint density at radius 1 is 1.39 bits per heavy atom. The number of thiazole rings is 1. The van der Waals surface area contributed by atoms with Crippen molar-refractivity contribution >= 4 is 35.6 Å². The fourth-order valence-corrected chi connectivity index (χ4v) is 3.78. The van der Waals surface area contributed by atoms with Crippen molar-refractivity contribution in [1.82, 2.24) is 15.2 Å². The van der Waals surface area contributed by atoms with Crippen LogP contribution in [0.5, 0.6) is 0 Å². The lowest BCUT2D eigenvalue weighted by molar-refractivity contribution is -0.138. The second-order valence-electron chi connectivity index (χ2n) is 6.03. The lowest BCUT2D eigenvalue weighted by Gasteiger charge is -2.30. The van der Waals surface area contributed by atoms with Gasteiger partial charge in [-0.1, -0.05) is 12.8 Å². The number of amides is 2. The van der Waals surface area contributed by atoms with Crippen molar-refractivity contribution in [3.05, 3.63) is 16.1 Å². The van der Waals surface area contributed by atoms with E-state index in [0.717, 1.165) is 30.7 Å². The first-order chi connectivity index (χ1) is 10.5. The van der Waals surface area contributed by atoms with E-state index < -0.39 is 5.41 Å². The minimum absolute atomic E-state index is 0. The van der Waals surface area contributed by atoms with Gasteiger partial charge in [0.05, 0.1) is 10.4 Å². The number of carbonyl (C=O) groups excluding carboxylic acids is 2. The highest BCUT2D eigenvalue weighted by Crippen LogP contribution is 2.38. The molecule has 2 amide bonds. The van der Waals surface area contributed by atoms with E-state index in [9.17, 15) is 9.59 Å². The van der Waals surface area contributed by atoms with E-state index in [1.807, 2.05) is 0 Å². The Hall–Kier alpha value is -1.18. The Kier molecular flexibility index (Phi) is 7.44. The quantitative estimate of drug-likeness (QED) is 0.803. The van der Waals surface area contributed by atoms with E-state index >= 15 is 0 Å². The first-order valence-corrected chi connectivity index (χ1v) is 8.51. The molecular formula is C15H25ClN4O2S. The maximum atomic E-state index is 12.5. The monoisotopic (exact) mass is 360 g/mol. The van der Waals surface area contributed by atoms with Gasteiger partial charge in [0, 0.05) is 32.4 Å². The van der Waals surface area contributed by atoms with Crippen LogP contribution in [0.3, 0.4) is 0 Å². The van der Waals surface area contributed by atoms with Crippen LogP contribution in [0.1, 0.15) is 41.2 Å². The van der Waals surface area contributed by atoms with Gasteiger partial charge in [0.1, 0.15) is 5.69 Å². The number of carbonyl (C=O) groups is 2. The minimum atomic E-state index is -0.449. The first kappa shape index (κ1) is 19.9. The molecular weight excluding hydrogens is 336 g/mol. The smallest absolute Gasteiger partial charge is 0.270 e. The number of halogens is 1. The summed E-state index contributed by atoms with van der Waals surface area (Å²) >= 11 is 1.44. The van der Waals surface area contributed by atoms with Crippen molar-refractivity contribution < 1.29 is 9.59 Å². The summed E-state index contributed by atoms with van der Waals surface area (Å²) in [7, 11) is 3.54. The molecule has 2 rings (SSSR count). The summed E-state index contributed by atoms with van der Waals surface area (Å²) < 4.78 is 0. The molecule has 1 heterocycles. The third-order valence-electron chi connectivity index (χ3n) is 4.15. The van der Waals surface area contributed by atoms with Gasteiger partial charge in [0.15, 0.2) is 0 Å². The number of nitrogens with two attached hydrogens (primary N) is 1. The summed E-state index contributed by atoms with van der Waals surface area (Å²) in [4.78, 5) is 30.6. The maximum Gasteiger partial charge on any atom is 0.270 e. The molecule has 1 aromatic rings. The SMILES string of the molecule is CN(C)C(=O)C1(CNC(=O)c2csc(CCN)n2)CCCC1.Cl. The van der Waals surface area contributed by atoms with Crippen molar-refractivity contribution in [3.8, 4) is 0 Å². The molecule has 23 heavy (non-hydrogen) atoms. The summed E-state index contributed by atoms with van der Waals surface area (Å²) in [6, 6.07) is 0. The van der Waals surface area contributed by atoms with E-state index in [-0.39, 0.29) is 24.2 Å². The highest BCUT2D eigenvalue weighted by atomic mass is 35.5. The fourth-order valence-electron chi connectivity index (χ4n) is 2.99. The summed E-state index contributed by atoms with van der Waals surface area (Å²) in [5.41, 5.74) is 5.46. The Morgan fingerprint density at radius 2 is 2.04 bits per heavy atom. The molecule has 0 saturated heterocycles. The van der Waals surface area contributed by atoms with Gasteiger partial charge < -0.3 is 16.0 Å². The van der Waals surface area contributed by atoms with Crippen molar-refractivity contribution in [3.63, 3.8) is 0 Å². The average Bonchev–Trinajstić information content (AvgIpc) is 3.14. The summed E-state index contributed by atoms with van der Waals surface area (Å²) in [5.74, 6) is -0.107. The Bertz CT molecular complexity index is 541. The van der Waals surface area contributed by atoms with Gasteiger partial charge in [-0.2, -0.15) is 0 Å². The molecule has 0 aromatic carbocycles. The molecule has 1 fully saturated rings. The molecule has 1 saturated carbocycles. The second kappa shape index (κ2) is 8.61. The molecule has 1 aromatic heterocycles. The van der Waals surface area contributed by atoms with E-state index in [4.69, 9.17) is 5.73 Å². The van der Waals surface area contributed by atoms with Crippen LogP contribution in [0.2, 0.25) is 0 Å². The summed E-state index contributed by atoms with van der Waals surface area (Å²) in [6.07, 6.45) is 4.42. The van der Waals surface area contributed by atoms with Gasteiger partial charge in [-0.05, 0) is 19.4 Å². The highest BCUT2D eigenvalue weighted by molar-refractivity contribution is 7.09. The van der Waals surface area contributed by atoms with Crippen molar-refractivity contribution in [2.24, 2.45) is 11.1 Å². The zero-order chi connectivity index (χ0) is 16.2. The molecule has 6 nitrogen and oxygen atoms in total. The Balaban J connectivity index is 0.00000264. The van der Waals surface area contributed by atoms with Crippen LogP contribution in [0, 0.1) is 5.41 Å². The molecule has 130 valence electrons. The topological polar surface area (TPSA) is 88.3 Å². The number of nitrogens with one attached hydrogen (secondary N) is 1. The Labute approximate surface area is 147 Å². The normalized spacial score (nSPS) is 15.8. The van der Waals surface area contributed by atoms with E-state index in [1.165, 1.54) is 11.3 Å². The number of hydrogen-bond acceptors (Lipinski definition) is 5. The average molecular weight is 361 g/mol. The molecule has 1 aliphatic rings. The molecule has 0 atom stereocenters. The van der Waals surface area contributed by atoms with E-state index in [1.54, 1.807) is 24.4 Å². The molecule has 3 N–H and O–H groups in total. The minimum Gasteiger partial charge on any atom is -0.350 e.